The van der Waals surface area contributed by atoms with Crippen molar-refractivity contribution in [2.75, 3.05) is 18.9 Å². The summed E-state index contributed by atoms with van der Waals surface area (Å²) in [5.74, 6) is 2.41. The van der Waals surface area contributed by atoms with Gasteiger partial charge in [-0.05, 0) is 48.4 Å². The van der Waals surface area contributed by atoms with Crippen LogP contribution in [0, 0.1) is 0 Å². The van der Waals surface area contributed by atoms with Crippen molar-refractivity contribution in [1.29, 1.82) is 0 Å². The Balaban J connectivity index is 1.51. The zero-order chi connectivity index (χ0) is 18.8. The van der Waals surface area contributed by atoms with E-state index in [-0.39, 0.29) is 5.91 Å². The number of amides is 1. The Hall–Kier alpha value is -1.07. The van der Waals surface area contributed by atoms with Gasteiger partial charge in [0.05, 0.1) is 6.61 Å². The van der Waals surface area contributed by atoms with Gasteiger partial charge in [0.1, 0.15) is 5.75 Å². The summed E-state index contributed by atoms with van der Waals surface area (Å²) in [6.45, 7) is 1.13. The van der Waals surface area contributed by atoms with Crippen LogP contribution in [0.5, 0.6) is 5.75 Å². The zero-order valence-electron chi connectivity index (χ0n) is 14.1. The van der Waals surface area contributed by atoms with Crippen molar-refractivity contribution in [3.8, 4) is 5.75 Å². The Bertz CT molecular complexity index is 710. The van der Waals surface area contributed by atoms with Gasteiger partial charge in [0.15, 0.2) is 0 Å². The van der Waals surface area contributed by atoms with Crippen molar-refractivity contribution >= 4 is 52.5 Å². The normalized spacial score (nSPS) is 10.6. The lowest BCUT2D eigenvalue weighted by atomic mass is 10.2. The van der Waals surface area contributed by atoms with Gasteiger partial charge in [-0.2, -0.15) is 11.8 Å². The van der Waals surface area contributed by atoms with Gasteiger partial charge < -0.3 is 10.1 Å². The Kier molecular flexibility index (Phi) is 9.48. The van der Waals surface area contributed by atoms with Crippen LogP contribution in [0.15, 0.2) is 42.5 Å². The number of carbonyl (C=O) groups excluding carboxylic acids is 1. The summed E-state index contributed by atoms with van der Waals surface area (Å²) in [5.41, 5.74) is 1.05. The van der Waals surface area contributed by atoms with Crippen LogP contribution >= 0.6 is 46.6 Å². The van der Waals surface area contributed by atoms with E-state index in [0.717, 1.165) is 22.8 Å². The van der Waals surface area contributed by atoms with Gasteiger partial charge in [0.25, 0.3) is 0 Å². The van der Waals surface area contributed by atoms with Gasteiger partial charge in [-0.15, -0.1) is 0 Å². The lowest BCUT2D eigenvalue weighted by Gasteiger charge is -2.08. The first-order valence-electron chi connectivity index (χ1n) is 8.21. The molecular weight excluding hydrogens is 413 g/mol. The topological polar surface area (TPSA) is 38.3 Å². The average Bonchev–Trinajstić information content (AvgIpc) is 2.61. The number of hydrogen-bond donors (Lipinski definition) is 1. The maximum absolute atomic E-state index is 11.8. The molecule has 7 heteroatoms. The van der Waals surface area contributed by atoms with Gasteiger partial charge >= 0.3 is 0 Å². The lowest BCUT2D eigenvalue weighted by Crippen LogP contribution is -2.25. The highest BCUT2D eigenvalue weighted by Gasteiger charge is 2.03. The van der Waals surface area contributed by atoms with Crippen molar-refractivity contribution in [1.82, 2.24) is 5.32 Å². The van der Waals surface area contributed by atoms with E-state index < -0.39 is 0 Å². The number of halogens is 3. The molecule has 140 valence electrons. The highest BCUT2D eigenvalue weighted by molar-refractivity contribution is 7.98. The van der Waals surface area contributed by atoms with Crippen LogP contribution in [0.1, 0.15) is 18.4 Å². The molecule has 0 aliphatic heterocycles. The largest absolute Gasteiger partial charge is 0.494 e. The van der Waals surface area contributed by atoms with E-state index in [1.54, 1.807) is 30.0 Å². The third-order valence-electron chi connectivity index (χ3n) is 3.47. The third-order valence-corrected chi connectivity index (χ3v) is 5.32. The summed E-state index contributed by atoms with van der Waals surface area (Å²) in [4.78, 5) is 11.8. The van der Waals surface area contributed by atoms with Crippen molar-refractivity contribution in [3.05, 3.63) is 63.1 Å². The fourth-order valence-corrected chi connectivity index (χ4v) is 3.67. The van der Waals surface area contributed by atoms with Crippen LogP contribution < -0.4 is 10.1 Å². The Morgan fingerprint density at radius 3 is 2.50 bits per heavy atom. The van der Waals surface area contributed by atoms with Crippen molar-refractivity contribution < 1.29 is 9.53 Å². The van der Waals surface area contributed by atoms with Gasteiger partial charge in [0, 0.05) is 39.5 Å². The maximum atomic E-state index is 11.8. The second kappa shape index (κ2) is 11.6. The predicted octanol–water partition coefficient (Wildman–Crippen LogP) is 5.86. The third kappa shape index (κ3) is 8.09. The number of ether oxygens (including phenoxy) is 1. The Morgan fingerprint density at radius 1 is 1.04 bits per heavy atom. The van der Waals surface area contributed by atoms with Crippen LogP contribution in [0.4, 0.5) is 0 Å². The minimum atomic E-state index is 0.0369. The molecule has 0 aliphatic carbocycles. The summed E-state index contributed by atoms with van der Waals surface area (Å²) >= 11 is 19.5. The summed E-state index contributed by atoms with van der Waals surface area (Å²) in [5, 5.41) is 4.90. The standard InChI is InChI=1S/C19H20Cl3NO2S/c20-15-5-7-17(8-6-15)25-10-1-2-19(24)23-9-11-26-13-14-3-4-16(21)12-18(14)22/h3-8,12H,1-2,9-11,13H2,(H,23,24). The molecule has 0 radical (unpaired) electrons. The molecule has 26 heavy (non-hydrogen) atoms. The van der Waals surface area contributed by atoms with Crippen molar-refractivity contribution in [2.45, 2.75) is 18.6 Å². The van der Waals surface area contributed by atoms with E-state index in [4.69, 9.17) is 39.5 Å². The average molecular weight is 433 g/mol. The molecule has 0 atom stereocenters. The molecule has 0 aliphatic rings. The van der Waals surface area contributed by atoms with Crippen LogP contribution in [-0.2, 0) is 10.5 Å². The lowest BCUT2D eigenvalue weighted by molar-refractivity contribution is -0.121. The van der Waals surface area contributed by atoms with E-state index in [2.05, 4.69) is 5.32 Å². The number of benzene rings is 2. The monoisotopic (exact) mass is 431 g/mol. The molecule has 2 aromatic rings. The minimum absolute atomic E-state index is 0.0369. The Morgan fingerprint density at radius 2 is 1.77 bits per heavy atom. The fourth-order valence-electron chi connectivity index (χ4n) is 2.13. The maximum Gasteiger partial charge on any atom is 0.220 e. The van der Waals surface area contributed by atoms with Crippen LogP contribution in [0.3, 0.4) is 0 Å². The second-order valence-electron chi connectivity index (χ2n) is 5.54. The van der Waals surface area contributed by atoms with Crippen LogP contribution in [0.25, 0.3) is 0 Å². The van der Waals surface area contributed by atoms with Crippen molar-refractivity contribution in [3.63, 3.8) is 0 Å². The molecule has 0 bridgehead atoms. The number of rotatable bonds is 10. The number of thioether (sulfide) groups is 1. The zero-order valence-corrected chi connectivity index (χ0v) is 17.2. The van der Waals surface area contributed by atoms with Crippen LogP contribution in [-0.4, -0.2) is 24.8 Å². The first kappa shape index (κ1) is 21.2. The molecule has 3 nitrogen and oxygen atoms in total. The molecular formula is C19H20Cl3NO2S. The SMILES string of the molecule is O=C(CCCOc1ccc(Cl)cc1)NCCSCc1ccc(Cl)cc1Cl. The summed E-state index contributed by atoms with van der Waals surface area (Å²) in [6.07, 6.45) is 1.11. The predicted molar refractivity (Wildman–Crippen MR) is 112 cm³/mol. The molecule has 0 aromatic heterocycles. The summed E-state index contributed by atoms with van der Waals surface area (Å²) in [7, 11) is 0. The smallest absolute Gasteiger partial charge is 0.220 e. The van der Waals surface area contributed by atoms with Crippen LogP contribution in [0.2, 0.25) is 15.1 Å². The summed E-state index contributed by atoms with van der Waals surface area (Å²) < 4.78 is 5.56. The molecule has 0 fully saturated rings. The molecule has 1 N–H and O–H groups in total. The molecule has 2 aromatic carbocycles. The highest BCUT2D eigenvalue weighted by Crippen LogP contribution is 2.24. The molecule has 0 saturated heterocycles. The molecule has 0 spiro atoms. The number of carbonyl (C=O) groups is 1. The first-order valence-corrected chi connectivity index (χ1v) is 10.5. The van der Waals surface area contributed by atoms with Gasteiger partial charge in [-0.3, -0.25) is 4.79 Å². The quantitative estimate of drug-likeness (QED) is 0.478. The first-order chi connectivity index (χ1) is 12.5. The van der Waals surface area contributed by atoms with E-state index in [0.29, 0.717) is 41.1 Å². The van der Waals surface area contributed by atoms with E-state index in [1.165, 1.54) is 0 Å². The van der Waals surface area contributed by atoms with E-state index >= 15 is 0 Å². The molecule has 0 heterocycles. The fraction of sp³-hybridized carbons (Fsp3) is 0.316. The summed E-state index contributed by atoms with van der Waals surface area (Å²) in [6, 6.07) is 12.7. The number of hydrogen-bond acceptors (Lipinski definition) is 3. The molecule has 1 amide bonds. The molecule has 2 rings (SSSR count). The van der Waals surface area contributed by atoms with Gasteiger partial charge in [-0.1, -0.05) is 40.9 Å². The van der Waals surface area contributed by atoms with Gasteiger partial charge in [-0.25, -0.2) is 0 Å². The van der Waals surface area contributed by atoms with Gasteiger partial charge in [0.2, 0.25) is 5.91 Å². The van der Waals surface area contributed by atoms with E-state index in [1.807, 2.05) is 24.3 Å². The molecule has 0 unspecified atom stereocenters. The highest BCUT2D eigenvalue weighted by atomic mass is 35.5. The van der Waals surface area contributed by atoms with Crippen molar-refractivity contribution in [2.24, 2.45) is 0 Å². The number of nitrogens with one attached hydrogen (secondary N) is 1. The van der Waals surface area contributed by atoms with E-state index in [9.17, 15) is 4.79 Å². The Labute approximate surface area is 173 Å². The molecule has 0 saturated carbocycles. The second-order valence-corrected chi connectivity index (χ2v) is 7.93. The minimum Gasteiger partial charge on any atom is -0.494 e.